The smallest absolute Gasteiger partial charge is 0.119 e. The molecule has 0 heterocycles. The fraction of sp³-hybridized carbons (Fsp3) is 0.619. The van der Waals surface area contributed by atoms with Gasteiger partial charge in [-0.3, -0.25) is 0 Å². The van der Waals surface area contributed by atoms with E-state index in [4.69, 9.17) is 4.74 Å². The highest BCUT2D eigenvalue weighted by Crippen LogP contribution is 2.13. The lowest BCUT2D eigenvalue weighted by Crippen LogP contribution is -2.27. The summed E-state index contributed by atoms with van der Waals surface area (Å²) in [6.45, 7) is 12.9. The Kier molecular flexibility index (Phi) is 11.3. The Morgan fingerprint density at radius 1 is 0.870 bits per heavy atom. The van der Waals surface area contributed by atoms with Crippen LogP contribution in [-0.2, 0) is 0 Å². The van der Waals surface area contributed by atoms with Crippen LogP contribution < -0.4 is 4.74 Å². The summed E-state index contributed by atoms with van der Waals surface area (Å²) in [5, 5.41) is 0. The molecule has 0 aliphatic rings. The molecule has 0 radical (unpaired) electrons. The molecule has 23 heavy (non-hydrogen) atoms. The molecule has 0 aromatic heterocycles. The Labute approximate surface area is 143 Å². The molecule has 0 spiro atoms. The highest BCUT2D eigenvalue weighted by atomic mass is 16.5. The van der Waals surface area contributed by atoms with E-state index in [1.54, 1.807) is 0 Å². The lowest BCUT2D eigenvalue weighted by molar-refractivity contribution is 0.252. The van der Waals surface area contributed by atoms with Gasteiger partial charge in [-0.1, -0.05) is 51.5 Å². The molecule has 1 rings (SSSR count). The topological polar surface area (TPSA) is 12.5 Å². The van der Waals surface area contributed by atoms with E-state index in [0.717, 1.165) is 24.3 Å². The monoisotopic (exact) mass is 317 g/mol. The number of benzene rings is 1. The molecule has 2 nitrogen and oxygen atoms in total. The van der Waals surface area contributed by atoms with E-state index in [1.165, 1.54) is 58.2 Å². The van der Waals surface area contributed by atoms with Gasteiger partial charge in [-0.15, -0.1) is 0 Å². The van der Waals surface area contributed by atoms with Crippen molar-refractivity contribution >= 4 is 6.08 Å². The van der Waals surface area contributed by atoms with Crippen molar-refractivity contribution in [1.82, 2.24) is 4.90 Å². The summed E-state index contributed by atoms with van der Waals surface area (Å²) in [6.07, 6.45) is 10.8. The predicted molar refractivity (Wildman–Crippen MR) is 102 cm³/mol. The molecule has 0 amide bonds. The van der Waals surface area contributed by atoms with Gasteiger partial charge < -0.3 is 9.64 Å². The van der Waals surface area contributed by atoms with Gasteiger partial charge in [-0.2, -0.15) is 0 Å². The average molecular weight is 318 g/mol. The third-order valence-electron chi connectivity index (χ3n) is 4.16. The van der Waals surface area contributed by atoms with Gasteiger partial charge in [0.05, 0.1) is 6.61 Å². The molecular weight excluding hydrogens is 282 g/mol. The van der Waals surface area contributed by atoms with Gasteiger partial charge in [0.2, 0.25) is 0 Å². The molecule has 0 fully saturated rings. The molecular formula is C21H35NO. The van der Waals surface area contributed by atoms with Gasteiger partial charge in [-0.25, -0.2) is 0 Å². The lowest BCUT2D eigenvalue weighted by atomic mass is 10.2. The Hall–Kier alpha value is -1.28. The quantitative estimate of drug-likeness (QED) is 0.403. The van der Waals surface area contributed by atoms with E-state index < -0.39 is 0 Å². The lowest BCUT2D eigenvalue weighted by Gasteiger charge is -2.21. The third-order valence-corrected chi connectivity index (χ3v) is 4.16. The number of unbranched alkanes of at least 4 members (excludes halogenated alkanes) is 4. The van der Waals surface area contributed by atoms with Gasteiger partial charge in [0.15, 0.2) is 0 Å². The number of nitrogens with zero attached hydrogens (tertiary/aromatic N) is 1. The van der Waals surface area contributed by atoms with Crippen LogP contribution in [0.25, 0.3) is 6.08 Å². The fourth-order valence-corrected chi connectivity index (χ4v) is 2.60. The Balaban J connectivity index is 2.11. The van der Waals surface area contributed by atoms with E-state index in [9.17, 15) is 0 Å². The standard InChI is InChI=1S/C21H35NO/c1-4-7-16-22(17-8-5-2)18-10-9-11-19-23-21-14-12-20(6-3)13-15-21/h6,12-15H,3-5,7-11,16-19H2,1-2H3. The second kappa shape index (κ2) is 13.2. The summed E-state index contributed by atoms with van der Waals surface area (Å²) in [7, 11) is 0. The van der Waals surface area contributed by atoms with Gasteiger partial charge in [0.25, 0.3) is 0 Å². The van der Waals surface area contributed by atoms with Crippen molar-refractivity contribution in [3.63, 3.8) is 0 Å². The minimum atomic E-state index is 0.817. The molecule has 0 N–H and O–H groups in total. The average Bonchev–Trinajstić information content (AvgIpc) is 2.60. The van der Waals surface area contributed by atoms with Crippen LogP contribution in [0.5, 0.6) is 5.75 Å². The zero-order chi connectivity index (χ0) is 16.8. The molecule has 0 saturated heterocycles. The molecule has 0 aliphatic carbocycles. The molecule has 0 atom stereocenters. The summed E-state index contributed by atoms with van der Waals surface area (Å²) in [5.41, 5.74) is 1.14. The summed E-state index contributed by atoms with van der Waals surface area (Å²) < 4.78 is 5.79. The Bertz CT molecular complexity index is 391. The number of ether oxygens (including phenoxy) is 1. The van der Waals surface area contributed by atoms with Gasteiger partial charge in [-0.05, 0) is 69.4 Å². The normalized spacial score (nSPS) is 10.9. The van der Waals surface area contributed by atoms with Crippen LogP contribution in [0, 0.1) is 0 Å². The van der Waals surface area contributed by atoms with E-state index in [1.807, 2.05) is 30.3 Å². The second-order valence-corrected chi connectivity index (χ2v) is 6.23. The summed E-state index contributed by atoms with van der Waals surface area (Å²) >= 11 is 0. The maximum absolute atomic E-state index is 5.79. The third kappa shape index (κ3) is 9.45. The van der Waals surface area contributed by atoms with Crippen molar-refractivity contribution < 1.29 is 4.74 Å². The first-order chi connectivity index (χ1) is 11.3. The molecule has 1 aromatic rings. The van der Waals surface area contributed by atoms with Crippen LogP contribution in [0.1, 0.15) is 64.4 Å². The zero-order valence-electron chi connectivity index (χ0n) is 15.2. The predicted octanol–water partition coefficient (Wildman–Crippen LogP) is 5.78. The molecule has 0 unspecified atom stereocenters. The van der Waals surface area contributed by atoms with Gasteiger partial charge in [0, 0.05) is 0 Å². The van der Waals surface area contributed by atoms with Gasteiger partial charge in [0.1, 0.15) is 5.75 Å². The molecule has 0 bridgehead atoms. The first kappa shape index (κ1) is 19.8. The van der Waals surface area contributed by atoms with Crippen LogP contribution in [-0.4, -0.2) is 31.1 Å². The molecule has 0 aliphatic heterocycles. The van der Waals surface area contributed by atoms with Crippen molar-refractivity contribution in [2.24, 2.45) is 0 Å². The maximum Gasteiger partial charge on any atom is 0.119 e. The largest absolute Gasteiger partial charge is 0.494 e. The molecule has 130 valence electrons. The number of hydrogen-bond acceptors (Lipinski definition) is 2. The fourth-order valence-electron chi connectivity index (χ4n) is 2.60. The van der Waals surface area contributed by atoms with E-state index >= 15 is 0 Å². The first-order valence-electron chi connectivity index (χ1n) is 9.37. The Morgan fingerprint density at radius 2 is 1.48 bits per heavy atom. The second-order valence-electron chi connectivity index (χ2n) is 6.23. The van der Waals surface area contributed by atoms with Crippen molar-refractivity contribution in [1.29, 1.82) is 0 Å². The van der Waals surface area contributed by atoms with E-state index in [0.29, 0.717) is 0 Å². The Morgan fingerprint density at radius 3 is 2.04 bits per heavy atom. The van der Waals surface area contributed by atoms with Crippen LogP contribution in [0.3, 0.4) is 0 Å². The highest BCUT2D eigenvalue weighted by molar-refractivity contribution is 5.48. The van der Waals surface area contributed by atoms with Crippen LogP contribution >= 0.6 is 0 Å². The molecule has 2 heteroatoms. The van der Waals surface area contributed by atoms with Crippen molar-refractivity contribution in [2.75, 3.05) is 26.2 Å². The summed E-state index contributed by atoms with van der Waals surface area (Å²) in [5.74, 6) is 0.961. The minimum absolute atomic E-state index is 0.817. The summed E-state index contributed by atoms with van der Waals surface area (Å²) in [4.78, 5) is 2.64. The molecule has 0 saturated carbocycles. The zero-order valence-corrected chi connectivity index (χ0v) is 15.2. The number of rotatable bonds is 14. The van der Waals surface area contributed by atoms with Crippen molar-refractivity contribution in [3.8, 4) is 5.75 Å². The van der Waals surface area contributed by atoms with Gasteiger partial charge >= 0.3 is 0 Å². The SMILES string of the molecule is C=Cc1ccc(OCCCCCN(CCCC)CCCC)cc1. The minimum Gasteiger partial charge on any atom is -0.494 e. The van der Waals surface area contributed by atoms with Crippen molar-refractivity contribution in [3.05, 3.63) is 36.4 Å². The van der Waals surface area contributed by atoms with Crippen molar-refractivity contribution in [2.45, 2.75) is 58.8 Å². The first-order valence-corrected chi connectivity index (χ1v) is 9.37. The van der Waals surface area contributed by atoms with Crippen LogP contribution in [0.2, 0.25) is 0 Å². The summed E-state index contributed by atoms with van der Waals surface area (Å²) in [6, 6.07) is 8.13. The molecule has 1 aromatic carbocycles. The number of hydrogen-bond donors (Lipinski definition) is 0. The van der Waals surface area contributed by atoms with Crippen LogP contribution in [0.15, 0.2) is 30.8 Å². The van der Waals surface area contributed by atoms with Crippen LogP contribution in [0.4, 0.5) is 0 Å². The highest BCUT2D eigenvalue weighted by Gasteiger charge is 2.03. The maximum atomic E-state index is 5.79. The van der Waals surface area contributed by atoms with E-state index in [-0.39, 0.29) is 0 Å². The van der Waals surface area contributed by atoms with E-state index in [2.05, 4.69) is 25.3 Å².